The molecule has 158 valence electrons. The first-order valence-corrected chi connectivity index (χ1v) is 9.63. The topological polar surface area (TPSA) is 29.9 Å². The summed E-state index contributed by atoms with van der Waals surface area (Å²) in [6.45, 7) is 4.21. The van der Waals surface area contributed by atoms with Gasteiger partial charge < -0.3 is 5.32 Å². The van der Waals surface area contributed by atoms with Gasteiger partial charge >= 0.3 is 6.18 Å². The van der Waals surface area contributed by atoms with Gasteiger partial charge in [0.1, 0.15) is 5.82 Å². The molecule has 4 aromatic rings. The van der Waals surface area contributed by atoms with Crippen LogP contribution in [0.1, 0.15) is 16.7 Å². The lowest BCUT2D eigenvalue weighted by atomic mass is 10.1. The molecule has 0 bridgehead atoms. The first-order valence-electron chi connectivity index (χ1n) is 9.25. The van der Waals surface area contributed by atoms with Crippen LogP contribution in [0.5, 0.6) is 0 Å². The van der Waals surface area contributed by atoms with E-state index < -0.39 is 17.6 Å². The third-order valence-corrected chi connectivity index (χ3v) is 5.14. The molecule has 0 amide bonds. The number of benzene rings is 3. The summed E-state index contributed by atoms with van der Waals surface area (Å²) in [5.41, 5.74) is 2.44. The van der Waals surface area contributed by atoms with Gasteiger partial charge in [0.2, 0.25) is 0 Å². The van der Waals surface area contributed by atoms with Gasteiger partial charge in [0.15, 0.2) is 0 Å². The van der Waals surface area contributed by atoms with Gasteiger partial charge in [-0.1, -0.05) is 42.4 Å². The normalized spacial score (nSPS) is 11.6. The maximum absolute atomic E-state index is 13.5. The number of alkyl halides is 3. The molecule has 1 heterocycles. The zero-order chi connectivity index (χ0) is 22.2. The molecule has 0 unspecified atom stereocenters. The lowest BCUT2D eigenvalue weighted by Gasteiger charge is -2.13. The molecule has 0 saturated carbocycles. The van der Waals surface area contributed by atoms with E-state index in [2.05, 4.69) is 17.0 Å². The number of fused-ring (bicyclic) bond motifs is 1. The van der Waals surface area contributed by atoms with Crippen LogP contribution in [0.3, 0.4) is 0 Å². The van der Waals surface area contributed by atoms with Crippen molar-refractivity contribution in [2.24, 2.45) is 0 Å². The fraction of sp³-hybridized carbons (Fsp3) is 0.0870. The van der Waals surface area contributed by atoms with E-state index in [1.165, 1.54) is 18.2 Å². The van der Waals surface area contributed by atoms with E-state index in [0.717, 1.165) is 28.6 Å². The number of hydrogen-bond acceptors (Lipinski definition) is 2. The Balaban J connectivity index is 1.59. The second-order valence-corrected chi connectivity index (χ2v) is 7.33. The molecule has 0 saturated heterocycles. The van der Waals surface area contributed by atoms with Crippen molar-refractivity contribution in [3.63, 3.8) is 0 Å². The van der Waals surface area contributed by atoms with Gasteiger partial charge in [-0.2, -0.15) is 18.3 Å². The Kier molecular flexibility index (Phi) is 5.45. The molecule has 0 aliphatic carbocycles. The molecule has 0 radical (unpaired) electrons. The van der Waals surface area contributed by atoms with Gasteiger partial charge in [0, 0.05) is 23.2 Å². The second kappa shape index (κ2) is 8.07. The average molecular weight is 446 g/mol. The highest BCUT2D eigenvalue weighted by molar-refractivity contribution is 6.30. The van der Waals surface area contributed by atoms with Crippen LogP contribution in [0.4, 0.5) is 17.6 Å². The molecule has 3 aromatic carbocycles. The van der Waals surface area contributed by atoms with Crippen LogP contribution in [-0.2, 0) is 12.7 Å². The largest absolute Gasteiger partial charge is 0.416 e. The fourth-order valence-corrected chi connectivity index (χ4v) is 3.47. The zero-order valence-corrected chi connectivity index (χ0v) is 16.8. The Morgan fingerprint density at radius 2 is 1.84 bits per heavy atom. The van der Waals surface area contributed by atoms with E-state index in [1.54, 1.807) is 23.0 Å². The van der Waals surface area contributed by atoms with Gasteiger partial charge in [-0.3, -0.25) is 0 Å². The molecule has 0 aliphatic heterocycles. The molecule has 0 aliphatic rings. The lowest BCUT2D eigenvalue weighted by Crippen LogP contribution is -2.12. The third kappa shape index (κ3) is 4.27. The van der Waals surface area contributed by atoms with Crippen molar-refractivity contribution in [3.05, 3.63) is 101 Å². The molecular formula is C23H16ClF4N3. The highest BCUT2D eigenvalue weighted by atomic mass is 35.5. The number of nitrogens with zero attached hydrogens (tertiary/aromatic N) is 2. The Bertz CT molecular complexity index is 1280. The van der Waals surface area contributed by atoms with Crippen molar-refractivity contribution in [3.8, 4) is 5.69 Å². The maximum atomic E-state index is 13.5. The summed E-state index contributed by atoms with van der Waals surface area (Å²) >= 11 is 5.89. The van der Waals surface area contributed by atoms with Crippen LogP contribution in [-0.4, -0.2) is 9.78 Å². The molecule has 8 heteroatoms. The summed E-state index contributed by atoms with van der Waals surface area (Å²) in [4.78, 5) is 0. The van der Waals surface area contributed by atoms with Crippen LogP contribution < -0.4 is 5.32 Å². The number of aromatic nitrogens is 2. The monoisotopic (exact) mass is 445 g/mol. The predicted molar refractivity (Wildman–Crippen MR) is 113 cm³/mol. The average Bonchev–Trinajstić information content (AvgIpc) is 3.18. The molecule has 3 nitrogen and oxygen atoms in total. The van der Waals surface area contributed by atoms with E-state index in [0.29, 0.717) is 16.9 Å². The number of nitrogens with one attached hydrogen (secondary N) is 1. The van der Waals surface area contributed by atoms with Gasteiger partial charge in [0.05, 0.1) is 28.0 Å². The van der Waals surface area contributed by atoms with Crippen LogP contribution >= 0.6 is 11.6 Å². The summed E-state index contributed by atoms with van der Waals surface area (Å²) in [7, 11) is 0. The Morgan fingerprint density at radius 3 is 2.58 bits per heavy atom. The maximum Gasteiger partial charge on any atom is 0.416 e. The van der Waals surface area contributed by atoms with E-state index in [9.17, 15) is 17.6 Å². The van der Waals surface area contributed by atoms with Crippen LogP contribution in [0.15, 0.2) is 73.4 Å². The van der Waals surface area contributed by atoms with Gasteiger partial charge in [-0.15, -0.1) is 0 Å². The molecule has 0 atom stereocenters. The molecule has 0 spiro atoms. The van der Waals surface area contributed by atoms with E-state index >= 15 is 0 Å². The summed E-state index contributed by atoms with van der Waals surface area (Å²) < 4.78 is 53.9. The number of halogens is 5. The van der Waals surface area contributed by atoms with E-state index in [4.69, 9.17) is 11.6 Å². The van der Waals surface area contributed by atoms with Crippen molar-refractivity contribution in [1.29, 1.82) is 0 Å². The minimum absolute atomic E-state index is 0.00975. The van der Waals surface area contributed by atoms with Gasteiger partial charge in [-0.05, 0) is 42.0 Å². The second-order valence-electron chi connectivity index (χ2n) is 6.92. The first kappa shape index (κ1) is 20.9. The molecule has 4 rings (SSSR count). The molecule has 0 fully saturated rings. The van der Waals surface area contributed by atoms with Crippen LogP contribution in [0.25, 0.3) is 22.3 Å². The third-order valence-electron chi connectivity index (χ3n) is 4.85. The molecule has 31 heavy (non-hydrogen) atoms. The summed E-state index contributed by atoms with van der Waals surface area (Å²) in [5, 5.41) is 8.23. The number of hydrogen-bond donors (Lipinski definition) is 1. The highest BCUT2D eigenvalue weighted by Crippen LogP contribution is 2.30. The Morgan fingerprint density at radius 1 is 1.06 bits per heavy atom. The van der Waals surface area contributed by atoms with Crippen molar-refractivity contribution in [1.82, 2.24) is 15.1 Å². The van der Waals surface area contributed by atoms with Crippen LogP contribution in [0.2, 0.25) is 5.02 Å². The zero-order valence-electron chi connectivity index (χ0n) is 16.0. The molecular weight excluding hydrogens is 430 g/mol. The quantitative estimate of drug-likeness (QED) is 0.351. The van der Waals surface area contributed by atoms with E-state index in [1.807, 2.05) is 18.2 Å². The predicted octanol–water partition coefficient (Wildman–Crippen LogP) is 6.60. The minimum atomic E-state index is -4.39. The molecule has 1 N–H and O–H groups in total. The smallest absolute Gasteiger partial charge is 0.381 e. The van der Waals surface area contributed by atoms with Crippen molar-refractivity contribution < 1.29 is 17.6 Å². The fourth-order valence-electron chi connectivity index (χ4n) is 3.30. The first-order chi connectivity index (χ1) is 14.7. The Hall–Kier alpha value is -3.32. The van der Waals surface area contributed by atoms with Crippen molar-refractivity contribution in [2.45, 2.75) is 12.7 Å². The summed E-state index contributed by atoms with van der Waals surface area (Å²) in [6, 6.07) is 15.0. The SMILES string of the molecule is C=C(NCc1cccc(C(F)(F)F)c1)c1cccc2c1cnn2-c1ccc(F)c(Cl)c1. The van der Waals surface area contributed by atoms with E-state index in [-0.39, 0.29) is 11.6 Å². The lowest BCUT2D eigenvalue weighted by molar-refractivity contribution is -0.137. The van der Waals surface area contributed by atoms with Gasteiger partial charge in [0.25, 0.3) is 0 Å². The van der Waals surface area contributed by atoms with Crippen LogP contribution in [0, 0.1) is 5.82 Å². The Labute approximate surface area is 180 Å². The summed E-state index contributed by atoms with van der Waals surface area (Å²) in [6.07, 6.45) is -2.74. The minimum Gasteiger partial charge on any atom is -0.381 e. The highest BCUT2D eigenvalue weighted by Gasteiger charge is 2.30. The number of rotatable bonds is 5. The van der Waals surface area contributed by atoms with Crippen molar-refractivity contribution >= 4 is 28.2 Å². The van der Waals surface area contributed by atoms with Crippen molar-refractivity contribution in [2.75, 3.05) is 0 Å². The standard InChI is InChI=1S/C23H16ClF4N3/c1-14(29-12-15-4-2-5-16(10-15)23(26,27)28)18-6-3-7-22-19(18)13-30-31(22)17-8-9-21(25)20(24)11-17/h2-11,13,29H,1,12H2. The van der Waals surface area contributed by atoms with Gasteiger partial charge in [-0.25, -0.2) is 9.07 Å². The summed E-state index contributed by atoms with van der Waals surface area (Å²) in [5.74, 6) is -0.519. The molecule has 1 aromatic heterocycles.